The number of nitrogens with zero attached hydrogens (tertiary/aromatic N) is 4. The number of rotatable bonds is 3. The Morgan fingerprint density at radius 3 is 3.00 bits per heavy atom. The van der Waals surface area contributed by atoms with E-state index in [2.05, 4.69) is 15.0 Å². The Hall–Kier alpha value is -2.17. The molecule has 0 saturated carbocycles. The highest BCUT2D eigenvalue weighted by atomic mass is 16.1. The zero-order valence-corrected chi connectivity index (χ0v) is 10.9. The van der Waals surface area contributed by atoms with Gasteiger partial charge in [-0.25, -0.2) is 9.67 Å². The minimum Gasteiger partial charge on any atom is -0.363 e. The Bertz CT molecular complexity index is 605. The predicted octanol–water partition coefficient (Wildman–Crippen LogP) is 1.89. The topological polar surface area (TPSA) is 51.0 Å². The molecule has 0 amide bonds. The molecule has 1 aromatic heterocycles. The first-order valence-electron chi connectivity index (χ1n) is 6.53. The SMILES string of the molecule is CCn1ncnc1CN1CCC(=O)c2ccccc21. The molecule has 2 heterocycles. The normalized spacial score (nSPS) is 14.6. The van der Waals surface area contributed by atoms with E-state index < -0.39 is 0 Å². The summed E-state index contributed by atoms with van der Waals surface area (Å²) in [4.78, 5) is 18.4. The maximum atomic E-state index is 11.9. The second-order valence-electron chi connectivity index (χ2n) is 4.60. The average molecular weight is 256 g/mol. The average Bonchev–Trinajstić information content (AvgIpc) is 2.89. The molecule has 0 aliphatic carbocycles. The summed E-state index contributed by atoms with van der Waals surface area (Å²) >= 11 is 0. The van der Waals surface area contributed by atoms with Crippen LogP contribution in [0.2, 0.25) is 0 Å². The zero-order chi connectivity index (χ0) is 13.2. The number of Topliss-reactive ketones (excluding diaryl/α,β-unsaturated/α-hetero) is 1. The maximum Gasteiger partial charge on any atom is 0.166 e. The molecule has 0 bridgehead atoms. The van der Waals surface area contributed by atoms with Crippen molar-refractivity contribution in [3.05, 3.63) is 42.0 Å². The van der Waals surface area contributed by atoms with E-state index in [1.54, 1.807) is 6.33 Å². The fourth-order valence-corrected chi connectivity index (χ4v) is 2.49. The zero-order valence-electron chi connectivity index (χ0n) is 10.9. The molecule has 0 unspecified atom stereocenters. The van der Waals surface area contributed by atoms with Crippen molar-refractivity contribution in [2.24, 2.45) is 0 Å². The molecule has 5 heteroatoms. The number of aromatic nitrogens is 3. The van der Waals surface area contributed by atoms with Crippen LogP contribution in [-0.2, 0) is 13.1 Å². The lowest BCUT2D eigenvalue weighted by Crippen LogP contribution is -2.32. The van der Waals surface area contributed by atoms with Gasteiger partial charge >= 0.3 is 0 Å². The Labute approximate surface area is 111 Å². The summed E-state index contributed by atoms with van der Waals surface area (Å²) in [5.74, 6) is 1.16. The molecule has 98 valence electrons. The molecule has 0 fully saturated rings. The molecule has 2 aromatic rings. The van der Waals surface area contributed by atoms with Gasteiger partial charge in [-0.3, -0.25) is 4.79 Å². The highest BCUT2D eigenvalue weighted by molar-refractivity contribution is 6.03. The van der Waals surface area contributed by atoms with Crippen LogP contribution in [0.1, 0.15) is 29.5 Å². The molecule has 0 saturated heterocycles. The number of aryl methyl sites for hydroxylation is 1. The third-order valence-electron chi connectivity index (χ3n) is 3.48. The number of carbonyl (C=O) groups excluding carboxylic acids is 1. The van der Waals surface area contributed by atoms with Crippen molar-refractivity contribution in [3.8, 4) is 0 Å². The van der Waals surface area contributed by atoms with Gasteiger partial charge in [0.2, 0.25) is 0 Å². The lowest BCUT2D eigenvalue weighted by atomic mass is 10.0. The summed E-state index contributed by atoms with van der Waals surface area (Å²) in [6.45, 7) is 4.29. The summed E-state index contributed by atoms with van der Waals surface area (Å²) in [6.07, 6.45) is 2.15. The van der Waals surface area contributed by atoms with E-state index in [4.69, 9.17) is 0 Å². The summed E-state index contributed by atoms with van der Waals surface area (Å²) in [7, 11) is 0. The molecule has 0 spiro atoms. The van der Waals surface area contributed by atoms with Crippen molar-refractivity contribution in [1.29, 1.82) is 0 Å². The van der Waals surface area contributed by atoms with E-state index >= 15 is 0 Å². The number of fused-ring (bicyclic) bond motifs is 1. The first-order valence-corrected chi connectivity index (χ1v) is 6.53. The predicted molar refractivity (Wildman–Crippen MR) is 72.1 cm³/mol. The molecule has 1 aliphatic rings. The van der Waals surface area contributed by atoms with Crippen molar-refractivity contribution in [1.82, 2.24) is 14.8 Å². The van der Waals surface area contributed by atoms with Crippen molar-refractivity contribution >= 4 is 11.5 Å². The van der Waals surface area contributed by atoms with Gasteiger partial charge in [-0.1, -0.05) is 12.1 Å². The highest BCUT2D eigenvalue weighted by Crippen LogP contribution is 2.27. The number of hydrogen-bond acceptors (Lipinski definition) is 4. The first-order chi connectivity index (χ1) is 9.29. The molecular formula is C14H16N4O. The van der Waals surface area contributed by atoms with Gasteiger partial charge in [0.05, 0.1) is 6.54 Å². The molecular weight excluding hydrogens is 240 g/mol. The van der Waals surface area contributed by atoms with Crippen LogP contribution in [0, 0.1) is 0 Å². The van der Waals surface area contributed by atoms with Crippen molar-refractivity contribution < 1.29 is 4.79 Å². The molecule has 1 aliphatic heterocycles. The first kappa shape index (κ1) is 11.9. The van der Waals surface area contributed by atoms with Gasteiger partial charge in [-0.05, 0) is 19.1 Å². The monoisotopic (exact) mass is 256 g/mol. The van der Waals surface area contributed by atoms with E-state index in [0.29, 0.717) is 13.0 Å². The lowest BCUT2D eigenvalue weighted by molar-refractivity contribution is 0.0979. The highest BCUT2D eigenvalue weighted by Gasteiger charge is 2.23. The van der Waals surface area contributed by atoms with Crippen molar-refractivity contribution in [2.75, 3.05) is 11.4 Å². The van der Waals surface area contributed by atoms with Crippen LogP contribution in [0.4, 0.5) is 5.69 Å². The lowest BCUT2D eigenvalue weighted by Gasteiger charge is -2.30. The Kier molecular flexibility index (Phi) is 3.03. The number of carbonyl (C=O) groups is 1. The van der Waals surface area contributed by atoms with E-state index in [-0.39, 0.29) is 5.78 Å². The molecule has 0 N–H and O–H groups in total. The van der Waals surface area contributed by atoms with Gasteiger partial charge in [-0.15, -0.1) is 0 Å². The van der Waals surface area contributed by atoms with Crippen LogP contribution in [0.3, 0.4) is 0 Å². The number of ketones is 1. The standard InChI is InChI=1S/C14H16N4O/c1-2-18-14(15-10-16-18)9-17-8-7-13(19)11-5-3-4-6-12(11)17/h3-6,10H,2,7-9H2,1H3. The fraction of sp³-hybridized carbons (Fsp3) is 0.357. The van der Waals surface area contributed by atoms with Crippen molar-refractivity contribution in [3.63, 3.8) is 0 Å². The summed E-state index contributed by atoms with van der Waals surface area (Å²) in [5.41, 5.74) is 1.82. The van der Waals surface area contributed by atoms with Crippen LogP contribution >= 0.6 is 0 Å². The van der Waals surface area contributed by atoms with E-state index in [1.807, 2.05) is 35.9 Å². The van der Waals surface area contributed by atoms with Crippen LogP contribution in [0.15, 0.2) is 30.6 Å². The van der Waals surface area contributed by atoms with Crippen LogP contribution in [0.25, 0.3) is 0 Å². The van der Waals surface area contributed by atoms with E-state index in [1.165, 1.54) is 0 Å². The Morgan fingerprint density at radius 2 is 2.16 bits per heavy atom. The van der Waals surface area contributed by atoms with Gasteiger partial charge < -0.3 is 4.90 Å². The second kappa shape index (κ2) is 4.84. The van der Waals surface area contributed by atoms with E-state index in [9.17, 15) is 4.79 Å². The molecule has 0 atom stereocenters. The van der Waals surface area contributed by atoms with Crippen molar-refractivity contribution in [2.45, 2.75) is 26.4 Å². The number of para-hydroxylation sites is 1. The van der Waals surface area contributed by atoms with Gasteiger partial charge in [0.25, 0.3) is 0 Å². The Balaban J connectivity index is 1.91. The smallest absolute Gasteiger partial charge is 0.166 e. The summed E-state index contributed by atoms with van der Waals surface area (Å²) < 4.78 is 1.89. The maximum absolute atomic E-state index is 11.9. The largest absolute Gasteiger partial charge is 0.363 e. The summed E-state index contributed by atoms with van der Waals surface area (Å²) in [5, 5.41) is 4.18. The number of hydrogen-bond donors (Lipinski definition) is 0. The van der Waals surface area contributed by atoms with Crippen LogP contribution in [0.5, 0.6) is 0 Å². The number of benzene rings is 1. The fourth-order valence-electron chi connectivity index (χ4n) is 2.49. The minimum atomic E-state index is 0.226. The quantitative estimate of drug-likeness (QED) is 0.841. The molecule has 19 heavy (non-hydrogen) atoms. The minimum absolute atomic E-state index is 0.226. The third-order valence-corrected chi connectivity index (χ3v) is 3.48. The van der Waals surface area contributed by atoms with Gasteiger partial charge in [0, 0.05) is 30.8 Å². The molecule has 5 nitrogen and oxygen atoms in total. The van der Waals surface area contributed by atoms with Gasteiger partial charge in [0.1, 0.15) is 12.2 Å². The molecule has 1 aromatic carbocycles. The second-order valence-corrected chi connectivity index (χ2v) is 4.60. The van der Waals surface area contributed by atoms with Gasteiger partial charge in [0.15, 0.2) is 5.78 Å². The van der Waals surface area contributed by atoms with Gasteiger partial charge in [-0.2, -0.15) is 5.10 Å². The Morgan fingerprint density at radius 1 is 1.32 bits per heavy atom. The molecule has 0 radical (unpaired) electrons. The molecule has 3 rings (SSSR count). The third kappa shape index (κ3) is 2.12. The summed E-state index contributed by atoms with van der Waals surface area (Å²) in [6, 6.07) is 7.77. The van der Waals surface area contributed by atoms with Crippen LogP contribution < -0.4 is 4.90 Å². The van der Waals surface area contributed by atoms with E-state index in [0.717, 1.165) is 30.2 Å². The number of anilines is 1. The van der Waals surface area contributed by atoms with Crippen LogP contribution in [-0.4, -0.2) is 27.1 Å².